The Kier molecular flexibility index (Phi) is 4.46. The molecule has 0 bridgehead atoms. The molecule has 1 aliphatic heterocycles. The van der Waals surface area contributed by atoms with Crippen molar-refractivity contribution in [1.82, 2.24) is 9.29 Å². The Bertz CT molecular complexity index is 1020. The number of para-hydroxylation sites is 1. The van der Waals surface area contributed by atoms with Crippen LogP contribution in [0.1, 0.15) is 18.4 Å². The maximum atomic E-state index is 13.2. The average Bonchev–Trinajstić information content (AvgIpc) is 3.31. The van der Waals surface area contributed by atoms with Gasteiger partial charge in [0.1, 0.15) is 5.75 Å². The van der Waals surface area contributed by atoms with E-state index in [1.54, 1.807) is 37.6 Å². The van der Waals surface area contributed by atoms with E-state index in [0.29, 0.717) is 11.8 Å². The van der Waals surface area contributed by atoms with Gasteiger partial charge in [-0.15, -0.1) is 0 Å². The summed E-state index contributed by atoms with van der Waals surface area (Å²) in [5.41, 5.74) is 1.79. The third kappa shape index (κ3) is 2.99. The maximum absolute atomic E-state index is 13.2. The van der Waals surface area contributed by atoms with Gasteiger partial charge in [0.2, 0.25) is 0 Å². The van der Waals surface area contributed by atoms with E-state index in [2.05, 4.69) is 5.32 Å². The molecule has 1 saturated heterocycles. The number of nitrogens with zero attached hydrogens (tertiary/aromatic N) is 1. The Hall–Kier alpha value is -2.31. The molecule has 0 spiro atoms. The first kappa shape index (κ1) is 17.1. The Morgan fingerprint density at radius 1 is 1.15 bits per heavy atom. The molecule has 1 N–H and O–H groups in total. The number of hydrogen-bond donors (Lipinski definition) is 1. The summed E-state index contributed by atoms with van der Waals surface area (Å²) < 4.78 is 32.9. The minimum Gasteiger partial charge on any atom is -0.497 e. The quantitative estimate of drug-likeness (QED) is 0.749. The van der Waals surface area contributed by atoms with Crippen molar-refractivity contribution in [3.8, 4) is 5.75 Å². The summed E-state index contributed by atoms with van der Waals surface area (Å²) in [6.45, 7) is 1.04. The highest BCUT2D eigenvalue weighted by Gasteiger charge is 2.23. The standard InChI is InChI=1S/C20H22N2O3S/c1-25-17-8-10-18(11-9-17)26(23,24)22-14-15(13-16-5-4-12-21-16)19-6-2-3-7-20(19)22/h2-3,6-11,14,16,21H,4-5,12-13H2,1H3/t16-/m0/s1. The van der Waals surface area contributed by atoms with Crippen molar-refractivity contribution in [2.75, 3.05) is 13.7 Å². The smallest absolute Gasteiger partial charge is 0.268 e. The van der Waals surface area contributed by atoms with Crippen LogP contribution in [0.25, 0.3) is 10.9 Å². The molecule has 5 nitrogen and oxygen atoms in total. The van der Waals surface area contributed by atoms with Crippen LogP contribution in [0.5, 0.6) is 5.75 Å². The molecule has 1 aliphatic rings. The van der Waals surface area contributed by atoms with Crippen LogP contribution in [-0.4, -0.2) is 32.1 Å². The van der Waals surface area contributed by atoms with E-state index in [1.165, 1.54) is 10.4 Å². The zero-order valence-corrected chi connectivity index (χ0v) is 15.5. The fourth-order valence-electron chi connectivity index (χ4n) is 3.64. The molecular formula is C20H22N2O3S. The van der Waals surface area contributed by atoms with Crippen LogP contribution in [0.15, 0.2) is 59.6 Å². The van der Waals surface area contributed by atoms with E-state index in [9.17, 15) is 8.42 Å². The molecule has 2 aromatic carbocycles. The van der Waals surface area contributed by atoms with Crippen LogP contribution in [0, 0.1) is 0 Å². The summed E-state index contributed by atoms with van der Waals surface area (Å²) in [6, 6.07) is 14.6. The minimum absolute atomic E-state index is 0.254. The lowest BCUT2D eigenvalue weighted by Gasteiger charge is -2.09. The molecule has 4 rings (SSSR count). The first-order chi connectivity index (χ1) is 12.6. The number of benzene rings is 2. The Morgan fingerprint density at radius 3 is 2.62 bits per heavy atom. The summed E-state index contributed by atoms with van der Waals surface area (Å²) in [5.74, 6) is 0.634. The monoisotopic (exact) mass is 370 g/mol. The molecule has 0 amide bonds. The molecule has 0 aliphatic carbocycles. The van der Waals surface area contributed by atoms with Crippen molar-refractivity contribution < 1.29 is 13.2 Å². The van der Waals surface area contributed by atoms with Gasteiger partial charge < -0.3 is 10.1 Å². The predicted molar refractivity (Wildman–Crippen MR) is 102 cm³/mol. The number of nitrogens with one attached hydrogen (secondary N) is 1. The molecule has 1 atom stereocenters. The molecule has 0 saturated carbocycles. The van der Waals surface area contributed by atoms with Crippen LogP contribution >= 0.6 is 0 Å². The Morgan fingerprint density at radius 2 is 1.92 bits per heavy atom. The topological polar surface area (TPSA) is 60.3 Å². The van der Waals surface area contributed by atoms with Crippen LogP contribution in [-0.2, 0) is 16.4 Å². The molecular weight excluding hydrogens is 348 g/mol. The van der Waals surface area contributed by atoms with Crippen molar-refractivity contribution in [2.45, 2.75) is 30.2 Å². The second-order valence-corrected chi connectivity index (χ2v) is 8.46. The second kappa shape index (κ2) is 6.78. The lowest BCUT2D eigenvalue weighted by Crippen LogP contribution is -2.23. The summed E-state index contributed by atoms with van der Waals surface area (Å²) in [5, 5.41) is 4.49. The number of rotatable bonds is 5. The Balaban J connectivity index is 1.79. The number of methoxy groups -OCH3 is 1. The lowest BCUT2D eigenvalue weighted by molar-refractivity contribution is 0.414. The molecule has 1 fully saturated rings. The van der Waals surface area contributed by atoms with E-state index in [-0.39, 0.29) is 4.90 Å². The summed E-state index contributed by atoms with van der Waals surface area (Å²) >= 11 is 0. The van der Waals surface area contributed by atoms with Gasteiger partial charge in [-0.2, -0.15) is 0 Å². The normalized spacial score (nSPS) is 17.7. The van der Waals surface area contributed by atoms with Gasteiger partial charge >= 0.3 is 0 Å². The molecule has 2 heterocycles. The zero-order valence-electron chi connectivity index (χ0n) is 14.7. The van der Waals surface area contributed by atoms with Gasteiger partial charge in [-0.05, 0) is 61.7 Å². The van der Waals surface area contributed by atoms with Crippen molar-refractivity contribution >= 4 is 20.9 Å². The third-order valence-corrected chi connectivity index (χ3v) is 6.69. The Labute approximate surface area is 153 Å². The molecule has 0 unspecified atom stereocenters. The van der Waals surface area contributed by atoms with Crippen molar-refractivity contribution in [3.05, 3.63) is 60.3 Å². The number of ether oxygens (including phenoxy) is 1. The molecule has 1 aromatic heterocycles. The molecule has 0 radical (unpaired) electrons. The number of hydrogen-bond acceptors (Lipinski definition) is 4. The van der Waals surface area contributed by atoms with Crippen LogP contribution in [0.4, 0.5) is 0 Å². The predicted octanol–water partition coefficient (Wildman–Crippen LogP) is 3.18. The van der Waals surface area contributed by atoms with Gasteiger partial charge in [0.15, 0.2) is 0 Å². The first-order valence-electron chi connectivity index (χ1n) is 8.81. The van der Waals surface area contributed by atoms with E-state index in [1.807, 2.05) is 24.3 Å². The van der Waals surface area contributed by atoms with E-state index in [4.69, 9.17) is 4.74 Å². The largest absolute Gasteiger partial charge is 0.497 e. The van der Waals surface area contributed by atoms with Crippen molar-refractivity contribution in [1.29, 1.82) is 0 Å². The maximum Gasteiger partial charge on any atom is 0.268 e. The van der Waals surface area contributed by atoms with E-state index >= 15 is 0 Å². The highest BCUT2D eigenvalue weighted by Crippen LogP contribution is 2.28. The molecule has 6 heteroatoms. The van der Waals surface area contributed by atoms with Gasteiger partial charge in [0, 0.05) is 17.6 Å². The highest BCUT2D eigenvalue weighted by molar-refractivity contribution is 7.90. The van der Waals surface area contributed by atoms with Crippen LogP contribution < -0.4 is 10.1 Å². The summed E-state index contributed by atoms with van der Waals surface area (Å²) in [7, 11) is -2.10. The van der Waals surface area contributed by atoms with Gasteiger partial charge in [-0.1, -0.05) is 18.2 Å². The molecule has 26 heavy (non-hydrogen) atoms. The minimum atomic E-state index is -3.66. The van der Waals surface area contributed by atoms with Gasteiger partial charge in [-0.25, -0.2) is 12.4 Å². The average molecular weight is 370 g/mol. The van der Waals surface area contributed by atoms with Crippen LogP contribution in [0.3, 0.4) is 0 Å². The first-order valence-corrected chi connectivity index (χ1v) is 10.3. The van der Waals surface area contributed by atoms with Gasteiger partial charge in [-0.3, -0.25) is 0 Å². The lowest BCUT2D eigenvalue weighted by atomic mass is 10.0. The second-order valence-electron chi connectivity index (χ2n) is 6.65. The van der Waals surface area contributed by atoms with E-state index in [0.717, 1.165) is 35.9 Å². The summed E-state index contributed by atoms with van der Waals surface area (Å²) in [4.78, 5) is 0.254. The highest BCUT2D eigenvalue weighted by atomic mass is 32.2. The van der Waals surface area contributed by atoms with Gasteiger partial charge in [0.05, 0.1) is 17.5 Å². The summed E-state index contributed by atoms with van der Waals surface area (Å²) in [6.07, 6.45) is 4.92. The molecule has 136 valence electrons. The van der Waals surface area contributed by atoms with Gasteiger partial charge in [0.25, 0.3) is 10.0 Å². The van der Waals surface area contributed by atoms with E-state index < -0.39 is 10.0 Å². The van der Waals surface area contributed by atoms with Crippen LogP contribution in [0.2, 0.25) is 0 Å². The van der Waals surface area contributed by atoms with Crippen molar-refractivity contribution in [3.63, 3.8) is 0 Å². The van der Waals surface area contributed by atoms with Crippen molar-refractivity contribution in [2.24, 2.45) is 0 Å². The molecule has 3 aromatic rings. The SMILES string of the molecule is COc1ccc(S(=O)(=O)n2cc(C[C@@H]3CCCN3)c3ccccc32)cc1. The fraction of sp³-hybridized carbons (Fsp3) is 0.300. The zero-order chi connectivity index (χ0) is 18.1. The number of aromatic nitrogens is 1. The third-order valence-electron chi connectivity index (χ3n) is 5.01. The fourth-order valence-corrected chi connectivity index (χ4v) is 5.03. The number of fused-ring (bicyclic) bond motifs is 1.